The van der Waals surface area contributed by atoms with Crippen molar-refractivity contribution >= 4 is 21.8 Å². The van der Waals surface area contributed by atoms with Gasteiger partial charge in [-0.1, -0.05) is 28.1 Å². The second-order valence-corrected chi connectivity index (χ2v) is 4.67. The fraction of sp³-hybridized carbons (Fsp3) is 0.0769. The number of carbonyl (C=O) groups excluding carboxylic acids is 1. The SMILES string of the molecule is O=C(NCc1cccc(Br)c1)c1ccc(=O)[nH]c1. The quantitative estimate of drug-likeness (QED) is 0.912. The van der Waals surface area contributed by atoms with E-state index in [-0.39, 0.29) is 11.5 Å². The number of benzene rings is 1. The highest BCUT2D eigenvalue weighted by Crippen LogP contribution is 2.11. The Hall–Kier alpha value is -1.88. The van der Waals surface area contributed by atoms with Gasteiger partial charge in [0, 0.05) is 23.3 Å². The summed E-state index contributed by atoms with van der Waals surface area (Å²) >= 11 is 3.37. The average Bonchev–Trinajstić information content (AvgIpc) is 2.37. The molecule has 2 N–H and O–H groups in total. The van der Waals surface area contributed by atoms with E-state index in [0.29, 0.717) is 12.1 Å². The molecule has 92 valence electrons. The van der Waals surface area contributed by atoms with Crippen LogP contribution >= 0.6 is 15.9 Å². The van der Waals surface area contributed by atoms with Crippen molar-refractivity contribution in [3.63, 3.8) is 0 Å². The summed E-state index contributed by atoms with van der Waals surface area (Å²) in [5, 5.41) is 2.78. The molecule has 0 aliphatic rings. The van der Waals surface area contributed by atoms with Crippen LogP contribution in [0.5, 0.6) is 0 Å². The van der Waals surface area contributed by atoms with Crippen molar-refractivity contribution in [1.29, 1.82) is 0 Å². The van der Waals surface area contributed by atoms with Gasteiger partial charge in [-0.25, -0.2) is 0 Å². The first-order chi connectivity index (χ1) is 8.65. The minimum atomic E-state index is -0.224. The molecule has 0 fully saturated rings. The molecule has 0 aliphatic carbocycles. The van der Waals surface area contributed by atoms with Gasteiger partial charge in [0.25, 0.3) is 5.91 Å². The molecule has 4 nitrogen and oxygen atoms in total. The van der Waals surface area contributed by atoms with Gasteiger partial charge in [-0.3, -0.25) is 9.59 Å². The van der Waals surface area contributed by atoms with E-state index in [9.17, 15) is 9.59 Å². The monoisotopic (exact) mass is 306 g/mol. The van der Waals surface area contributed by atoms with Gasteiger partial charge in [0.2, 0.25) is 5.56 Å². The van der Waals surface area contributed by atoms with E-state index in [1.807, 2.05) is 24.3 Å². The van der Waals surface area contributed by atoms with Crippen molar-refractivity contribution in [3.05, 3.63) is 68.5 Å². The zero-order chi connectivity index (χ0) is 13.0. The highest BCUT2D eigenvalue weighted by atomic mass is 79.9. The topological polar surface area (TPSA) is 62.0 Å². The normalized spacial score (nSPS) is 10.1. The van der Waals surface area contributed by atoms with Crippen molar-refractivity contribution in [3.8, 4) is 0 Å². The summed E-state index contributed by atoms with van der Waals surface area (Å²) in [7, 11) is 0. The predicted octanol–water partition coefficient (Wildman–Crippen LogP) is 2.07. The lowest BCUT2D eigenvalue weighted by atomic mass is 10.2. The molecule has 0 spiro atoms. The Morgan fingerprint density at radius 2 is 2.11 bits per heavy atom. The Balaban J connectivity index is 2.00. The molecule has 1 heterocycles. The van der Waals surface area contributed by atoms with Gasteiger partial charge in [-0.2, -0.15) is 0 Å². The summed E-state index contributed by atoms with van der Waals surface area (Å²) in [6.07, 6.45) is 1.40. The summed E-state index contributed by atoms with van der Waals surface area (Å²) < 4.78 is 0.971. The number of pyridine rings is 1. The number of amides is 1. The third kappa shape index (κ3) is 3.30. The molecule has 0 aliphatic heterocycles. The Kier molecular flexibility index (Phi) is 3.94. The van der Waals surface area contributed by atoms with E-state index in [4.69, 9.17) is 0 Å². The molecule has 2 aromatic rings. The largest absolute Gasteiger partial charge is 0.348 e. The fourth-order valence-electron chi connectivity index (χ4n) is 1.48. The van der Waals surface area contributed by atoms with Crippen LogP contribution in [-0.2, 0) is 6.54 Å². The van der Waals surface area contributed by atoms with Crippen LogP contribution in [0.4, 0.5) is 0 Å². The maximum Gasteiger partial charge on any atom is 0.253 e. The first-order valence-electron chi connectivity index (χ1n) is 5.36. The Morgan fingerprint density at radius 1 is 1.28 bits per heavy atom. The van der Waals surface area contributed by atoms with Crippen LogP contribution in [0.15, 0.2) is 51.9 Å². The van der Waals surface area contributed by atoms with Gasteiger partial charge in [0.1, 0.15) is 0 Å². The second kappa shape index (κ2) is 5.64. The minimum absolute atomic E-state index is 0.216. The first kappa shape index (κ1) is 12.6. The lowest BCUT2D eigenvalue weighted by Crippen LogP contribution is -2.23. The van der Waals surface area contributed by atoms with Crippen LogP contribution in [0.3, 0.4) is 0 Å². The van der Waals surface area contributed by atoms with Crippen LogP contribution < -0.4 is 10.9 Å². The summed E-state index contributed by atoms with van der Waals surface area (Å²) in [6.45, 7) is 0.442. The van der Waals surface area contributed by atoms with Crippen LogP contribution in [-0.4, -0.2) is 10.9 Å². The third-order valence-corrected chi connectivity index (χ3v) is 2.88. The lowest BCUT2D eigenvalue weighted by Gasteiger charge is -2.05. The maximum absolute atomic E-state index is 11.8. The number of nitrogens with one attached hydrogen (secondary N) is 2. The zero-order valence-corrected chi connectivity index (χ0v) is 11.0. The van der Waals surface area contributed by atoms with E-state index in [1.165, 1.54) is 18.3 Å². The molecular weight excluding hydrogens is 296 g/mol. The highest BCUT2D eigenvalue weighted by Gasteiger charge is 2.04. The van der Waals surface area contributed by atoms with Gasteiger partial charge in [0.15, 0.2) is 0 Å². The van der Waals surface area contributed by atoms with E-state index in [1.54, 1.807) is 0 Å². The second-order valence-electron chi connectivity index (χ2n) is 3.75. The van der Waals surface area contributed by atoms with Crippen molar-refractivity contribution in [2.45, 2.75) is 6.54 Å². The molecular formula is C13H11BrN2O2. The smallest absolute Gasteiger partial charge is 0.253 e. The van der Waals surface area contributed by atoms with Crippen LogP contribution in [0, 0.1) is 0 Å². The number of aromatic nitrogens is 1. The number of hydrogen-bond acceptors (Lipinski definition) is 2. The number of carbonyl (C=O) groups is 1. The molecule has 0 bridgehead atoms. The molecule has 18 heavy (non-hydrogen) atoms. The van der Waals surface area contributed by atoms with Crippen molar-refractivity contribution in [2.24, 2.45) is 0 Å². The van der Waals surface area contributed by atoms with E-state index in [2.05, 4.69) is 26.2 Å². The molecule has 2 rings (SSSR count). The fourth-order valence-corrected chi connectivity index (χ4v) is 1.93. The van der Waals surface area contributed by atoms with Gasteiger partial charge in [0.05, 0.1) is 5.56 Å². The molecule has 0 saturated heterocycles. The van der Waals surface area contributed by atoms with Crippen LogP contribution in [0.1, 0.15) is 15.9 Å². The summed E-state index contributed by atoms with van der Waals surface area (Å²) in [4.78, 5) is 25.1. The molecule has 0 atom stereocenters. The molecule has 0 radical (unpaired) electrons. The average molecular weight is 307 g/mol. The van der Waals surface area contributed by atoms with E-state index >= 15 is 0 Å². The van der Waals surface area contributed by atoms with Crippen LogP contribution in [0.25, 0.3) is 0 Å². The highest BCUT2D eigenvalue weighted by molar-refractivity contribution is 9.10. The van der Waals surface area contributed by atoms with E-state index < -0.39 is 0 Å². The summed E-state index contributed by atoms with van der Waals surface area (Å²) in [5.41, 5.74) is 1.21. The molecule has 0 unspecified atom stereocenters. The van der Waals surface area contributed by atoms with Crippen molar-refractivity contribution < 1.29 is 4.79 Å². The molecule has 1 aromatic carbocycles. The van der Waals surface area contributed by atoms with Gasteiger partial charge >= 0.3 is 0 Å². The van der Waals surface area contributed by atoms with Crippen LogP contribution in [0.2, 0.25) is 0 Å². The number of H-pyrrole nitrogens is 1. The van der Waals surface area contributed by atoms with Gasteiger partial charge < -0.3 is 10.3 Å². The summed E-state index contributed by atoms with van der Waals surface area (Å²) in [5.74, 6) is -0.216. The minimum Gasteiger partial charge on any atom is -0.348 e. The Bertz CT molecular complexity index is 602. The van der Waals surface area contributed by atoms with E-state index in [0.717, 1.165) is 10.0 Å². The molecule has 5 heteroatoms. The van der Waals surface area contributed by atoms with Crippen molar-refractivity contribution in [1.82, 2.24) is 10.3 Å². The number of halogens is 1. The number of hydrogen-bond donors (Lipinski definition) is 2. The standard InChI is InChI=1S/C13H11BrN2O2/c14-11-3-1-2-9(6-11)7-16-13(18)10-4-5-12(17)15-8-10/h1-6,8H,7H2,(H,15,17)(H,16,18). The van der Waals surface area contributed by atoms with Gasteiger partial charge in [-0.15, -0.1) is 0 Å². The third-order valence-electron chi connectivity index (χ3n) is 2.39. The maximum atomic E-state index is 11.8. The Labute approximate surface area is 112 Å². The number of rotatable bonds is 3. The predicted molar refractivity (Wildman–Crippen MR) is 72.4 cm³/mol. The van der Waals surface area contributed by atoms with Gasteiger partial charge in [-0.05, 0) is 23.8 Å². The molecule has 0 saturated carbocycles. The van der Waals surface area contributed by atoms with Crippen molar-refractivity contribution in [2.75, 3.05) is 0 Å². The molecule has 1 amide bonds. The zero-order valence-electron chi connectivity index (χ0n) is 9.44. The summed E-state index contributed by atoms with van der Waals surface area (Å²) in [6, 6.07) is 10.5. The molecule has 1 aromatic heterocycles. The Morgan fingerprint density at radius 3 is 2.78 bits per heavy atom. The first-order valence-corrected chi connectivity index (χ1v) is 6.16. The lowest BCUT2D eigenvalue weighted by molar-refractivity contribution is 0.0950. The number of aromatic amines is 1.